The van der Waals surface area contributed by atoms with Gasteiger partial charge in [0.25, 0.3) is 0 Å². The van der Waals surface area contributed by atoms with Gasteiger partial charge >= 0.3 is 12.2 Å². The summed E-state index contributed by atoms with van der Waals surface area (Å²) in [5, 5.41) is 2.76. The number of rotatable bonds is 1. The maximum absolute atomic E-state index is 12.6. The molecule has 4 nitrogen and oxygen atoms in total. The first kappa shape index (κ1) is 12.3. The van der Waals surface area contributed by atoms with Crippen LogP contribution in [0.3, 0.4) is 0 Å². The number of amides is 2. The Morgan fingerprint density at radius 3 is 2.72 bits per heavy atom. The van der Waals surface area contributed by atoms with E-state index in [-0.39, 0.29) is 0 Å². The van der Waals surface area contributed by atoms with Crippen LogP contribution in [0.1, 0.15) is 17.3 Å². The van der Waals surface area contributed by atoms with Crippen LogP contribution in [-0.2, 0) is 6.18 Å². The summed E-state index contributed by atoms with van der Waals surface area (Å²) in [5.41, 5.74) is 4.67. The second-order valence-electron chi connectivity index (χ2n) is 3.75. The molecule has 1 atom stereocenters. The summed E-state index contributed by atoms with van der Waals surface area (Å²) in [7, 11) is 0. The van der Waals surface area contributed by atoms with Gasteiger partial charge in [0.2, 0.25) is 0 Å². The van der Waals surface area contributed by atoms with E-state index >= 15 is 0 Å². The Hall–Kier alpha value is -2.18. The van der Waals surface area contributed by atoms with Gasteiger partial charge in [-0.1, -0.05) is 12.1 Å². The van der Waals surface area contributed by atoms with Gasteiger partial charge in [-0.05, 0) is 17.7 Å². The monoisotopic (exact) mass is 257 g/mol. The van der Waals surface area contributed by atoms with Crippen molar-refractivity contribution in [3.63, 3.8) is 0 Å². The predicted molar refractivity (Wildman–Crippen MR) is 57.9 cm³/mol. The van der Waals surface area contributed by atoms with Crippen molar-refractivity contribution >= 4 is 6.03 Å². The minimum absolute atomic E-state index is 0.314. The molecule has 1 aliphatic heterocycles. The predicted octanol–water partition coefficient (Wildman–Crippen LogP) is 2.16. The quantitative estimate of drug-likeness (QED) is 0.810. The molecule has 0 aliphatic carbocycles. The van der Waals surface area contributed by atoms with Crippen molar-refractivity contribution in [3.8, 4) is 0 Å². The lowest BCUT2D eigenvalue weighted by Crippen LogP contribution is -2.36. The zero-order valence-electron chi connectivity index (χ0n) is 9.11. The Bertz CT molecular complexity index is 499. The van der Waals surface area contributed by atoms with Gasteiger partial charge in [0.15, 0.2) is 0 Å². The number of alkyl halides is 3. The van der Waals surface area contributed by atoms with Crippen molar-refractivity contribution < 1.29 is 18.0 Å². The SMILES string of the molecule is NC(=O)N1C=CNC1c1cccc(C(F)(F)F)c1. The molecular weight excluding hydrogens is 247 g/mol. The van der Waals surface area contributed by atoms with Crippen molar-refractivity contribution in [3.05, 3.63) is 47.8 Å². The molecule has 3 N–H and O–H groups in total. The molecule has 0 bridgehead atoms. The topological polar surface area (TPSA) is 58.4 Å². The van der Waals surface area contributed by atoms with Crippen LogP contribution >= 0.6 is 0 Å². The van der Waals surface area contributed by atoms with Crippen molar-refractivity contribution in [2.24, 2.45) is 5.73 Å². The minimum atomic E-state index is -4.42. The highest BCUT2D eigenvalue weighted by molar-refractivity contribution is 5.74. The van der Waals surface area contributed by atoms with Crippen LogP contribution in [0.25, 0.3) is 0 Å². The molecule has 1 aromatic rings. The molecule has 2 rings (SSSR count). The smallest absolute Gasteiger partial charge is 0.366 e. The molecule has 18 heavy (non-hydrogen) atoms. The number of hydrogen-bond acceptors (Lipinski definition) is 2. The number of benzene rings is 1. The van der Waals surface area contributed by atoms with Gasteiger partial charge in [0.1, 0.15) is 6.17 Å². The van der Waals surface area contributed by atoms with Crippen LogP contribution in [-0.4, -0.2) is 10.9 Å². The van der Waals surface area contributed by atoms with Gasteiger partial charge in [0, 0.05) is 12.4 Å². The van der Waals surface area contributed by atoms with Crippen molar-refractivity contribution in [1.29, 1.82) is 0 Å². The zero-order chi connectivity index (χ0) is 13.3. The van der Waals surface area contributed by atoms with E-state index in [4.69, 9.17) is 5.73 Å². The number of primary amides is 1. The number of nitrogens with two attached hydrogens (primary N) is 1. The molecule has 2 amide bonds. The number of nitrogens with zero attached hydrogens (tertiary/aromatic N) is 1. The van der Waals surface area contributed by atoms with Crippen LogP contribution in [0, 0.1) is 0 Å². The normalized spacial score (nSPS) is 18.8. The molecule has 1 unspecified atom stereocenters. The average Bonchev–Trinajstić information content (AvgIpc) is 2.77. The van der Waals surface area contributed by atoms with Crippen LogP contribution in [0.5, 0.6) is 0 Å². The molecule has 7 heteroatoms. The third kappa shape index (κ3) is 2.24. The van der Waals surface area contributed by atoms with Gasteiger partial charge in [-0.15, -0.1) is 0 Å². The van der Waals surface area contributed by atoms with E-state index in [1.807, 2.05) is 0 Å². The molecule has 0 fully saturated rings. The lowest BCUT2D eigenvalue weighted by molar-refractivity contribution is -0.137. The van der Waals surface area contributed by atoms with Gasteiger partial charge in [0.05, 0.1) is 5.56 Å². The van der Waals surface area contributed by atoms with Crippen molar-refractivity contribution in [2.75, 3.05) is 0 Å². The Kier molecular flexibility index (Phi) is 2.90. The lowest BCUT2D eigenvalue weighted by Gasteiger charge is -2.22. The van der Waals surface area contributed by atoms with Crippen LogP contribution in [0.4, 0.5) is 18.0 Å². The maximum atomic E-state index is 12.6. The number of halogens is 3. The lowest BCUT2D eigenvalue weighted by atomic mass is 10.1. The zero-order valence-corrected chi connectivity index (χ0v) is 9.11. The van der Waals surface area contributed by atoms with E-state index in [0.717, 1.165) is 17.0 Å². The summed E-state index contributed by atoms with van der Waals surface area (Å²) in [5.74, 6) is 0. The highest BCUT2D eigenvalue weighted by atomic mass is 19.4. The second-order valence-corrected chi connectivity index (χ2v) is 3.75. The average molecular weight is 257 g/mol. The first-order valence-corrected chi connectivity index (χ1v) is 5.07. The molecule has 96 valence electrons. The van der Waals surface area contributed by atoms with Crippen molar-refractivity contribution in [1.82, 2.24) is 10.2 Å². The van der Waals surface area contributed by atoms with Gasteiger partial charge in [-0.25, -0.2) is 4.79 Å². The third-order valence-electron chi connectivity index (χ3n) is 2.55. The Morgan fingerprint density at radius 1 is 1.39 bits per heavy atom. The summed E-state index contributed by atoms with van der Waals surface area (Å²) in [6, 6.07) is 4.01. The standard InChI is InChI=1S/C11H10F3N3O/c12-11(13,14)8-3-1-2-7(6-8)9-16-4-5-17(9)10(15)18/h1-6,9,16H,(H2,15,18). The van der Waals surface area contributed by atoms with Crippen molar-refractivity contribution in [2.45, 2.75) is 12.3 Å². The highest BCUT2D eigenvalue weighted by Crippen LogP contribution is 2.32. The Balaban J connectivity index is 2.32. The first-order valence-electron chi connectivity index (χ1n) is 5.07. The molecule has 0 aromatic heterocycles. The summed E-state index contributed by atoms with van der Waals surface area (Å²) in [6.07, 6.45) is -2.28. The summed E-state index contributed by atoms with van der Waals surface area (Å²) >= 11 is 0. The van der Waals surface area contributed by atoms with Gasteiger partial charge < -0.3 is 11.1 Å². The van der Waals surface area contributed by atoms with E-state index < -0.39 is 23.9 Å². The van der Waals surface area contributed by atoms with Crippen LogP contribution in [0.15, 0.2) is 36.7 Å². The fraction of sp³-hybridized carbons (Fsp3) is 0.182. The Morgan fingerprint density at radius 2 is 2.11 bits per heavy atom. The van der Waals surface area contributed by atoms with E-state index in [1.165, 1.54) is 24.5 Å². The maximum Gasteiger partial charge on any atom is 0.416 e. The summed E-state index contributed by atoms with van der Waals surface area (Å²) < 4.78 is 37.7. The number of urea groups is 1. The molecule has 1 aliphatic rings. The number of carbonyl (C=O) groups is 1. The fourth-order valence-corrected chi connectivity index (χ4v) is 1.72. The second kappa shape index (κ2) is 4.25. The van der Waals surface area contributed by atoms with E-state index in [9.17, 15) is 18.0 Å². The molecule has 0 radical (unpaired) electrons. The molecule has 1 heterocycles. The van der Waals surface area contributed by atoms with Crippen LogP contribution < -0.4 is 11.1 Å². The van der Waals surface area contributed by atoms with Gasteiger partial charge in [-0.3, -0.25) is 4.90 Å². The molecular formula is C11H10F3N3O. The largest absolute Gasteiger partial charge is 0.416 e. The fourth-order valence-electron chi connectivity index (χ4n) is 1.72. The number of nitrogens with one attached hydrogen (secondary N) is 1. The summed E-state index contributed by atoms with van der Waals surface area (Å²) in [6.45, 7) is 0. The van der Waals surface area contributed by atoms with Crippen LogP contribution in [0.2, 0.25) is 0 Å². The number of carbonyl (C=O) groups excluding carboxylic acids is 1. The molecule has 1 aromatic carbocycles. The first-order chi connectivity index (χ1) is 8.39. The number of hydrogen-bond donors (Lipinski definition) is 2. The van der Waals surface area contributed by atoms with E-state index in [0.29, 0.717) is 5.56 Å². The highest BCUT2D eigenvalue weighted by Gasteiger charge is 2.32. The minimum Gasteiger partial charge on any atom is -0.366 e. The molecule has 0 saturated carbocycles. The summed E-state index contributed by atoms with van der Waals surface area (Å²) in [4.78, 5) is 12.2. The van der Waals surface area contributed by atoms with E-state index in [1.54, 1.807) is 0 Å². The van der Waals surface area contributed by atoms with E-state index in [2.05, 4.69) is 5.32 Å². The molecule has 0 saturated heterocycles. The third-order valence-corrected chi connectivity index (χ3v) is 2.55. The molecule has 0 spiro atoms. The Labute approximate surface area is 101 Å². The van der Waals surface area contributed by atoms with Gasteiger partial charge in [-0.2, -0.15) is 13.2 Å².